The number of amidine groups is 1. The number of hydrogen-bond acceptors (Lipinski definition) is 5. The lowest BCUT2D eigenvalue weighted by Crippen LogP contribution is -2.62. The van der Waals surface area contributed by atoms with Crippen LogP contribution in [-0.2, 0) is 20.9 Å². The second-order valence-corrected chi connectivity index (χ2v) is 9.03. The van der Waals surface area contributed by atoms with Gasteiger partial charge in [-0.1, -0.05) is 43.0 Å². The van der Waals surface area contributed by atoms with Crippen molar-refractivity contribution in [2.45, 2.75) is 57.0 Å². The van der Waals surface area contributed by atoms with E-state index in [-0.39, 0.29) is 36.7 Å². The zero-order chi connectivity index (χ0) is 24.0. The molecule has 10 heteroatoms. The van der Waals surface area contributed by atoms with Crippen LogP contribution in [0.2, 0.25) is 5.02 Å². The lowest BCUT2D eigenvalue weighted by Gasteiger charge is -2.44. The highest BCUT2D eigenvalue weighted by Gasteiger charge is 2.54. The molecule has 0 unspecified atom stereocenters. The number of carbonyl (C=O) groups excluding carboxylic acids is 2. The van der Waals surface area contributed by atoms with E-state index < -0.39 is 11.5 Å². The molecule has 0 spiro atoms. The van der Waals surface area contributed by atoms with Crippen LogP contribution in [-0.4, -0.2) is 58.5 Å². The molecule has 1 aliphatic heterocycles. The summed E-state index contributed by atoms with van der Waals surface area (Å²) in [7, 11) is 0. The Balaban J connectivity index is 1.82. The summed E-state index contributed by atoms with van der Waals surface area (Å²) in [4.78, 5) is 42.8. The largest absolute Gasteiger partial charge is 0.477 e. The molecule has 1 saturated heterocycles. The lowest BCUT2D eigenvalue weighted by molar-refractivity contribution is -0.148. The smallest absolute Gasteiger partial charge is 0.346 e. The van der Waals surface area contributed by atoms with Crippen molar-refractivity contribution in [3.63, 3.8) is 0 Å². The van der Waals surface area contributed by atoms with Gasteiger partial charge in [-0.3, -0.25) is 20.0 Å². The maximum atomic E-state index is 13.7. The fraction of sp³-hybridized carbons (Fsp3) is 0.522. The number of rotatable bonds is 8. The van der Waals surface area contributed by atoms with Gasteiger partial charge in [0.25, 0.3) is 0 Å². The minimum Gasteiger partial charge on any atom is -0.477 e. The number of nitrogens with two attached hydrogens (primary N) is 1. The summed E-state index contributed by atoms with van der Waals surface area (Å²) in [5.41, 5.74) is 5.73. The fourth-order valence-electron chi connectivity index (χ4n) is 5.09. The Bertz CT molecular complexity index is 960. The van der Waals surface area contributed by atoms with Gasteiger partial charge in [0.2, 0.25) is 11.8 Å². The van der Waals surface area contributed by atoms with Crippen molar-refractivity contribution in [3.05, 3.63) is 34.3 Å². The van der Waals surface area contributed by atoms with Crippen LogP contribution in [0, 0.1) is 11.3 Å². The number of likely N-dealkylation sites (tertiary alicyclic amines) is 1. The summed E-state index contributed by atoms with van der Waals surface area (Å²) in [5.74, 6) is -1.82. The predicted molar refractivity (Wildman–Crippen MR) is 126 cm³/mol. The molecule has 2 fully saturated rings. The van der Waals surface area contributed by atoms with Crippen LogP contribution in [0.1, 0.15) is 56.1 Å². The second-order valence-electron chi connectivity index (χ2n) is 8.62. The Morgan fingerprint density at radius 3 is 2.64 bits per heavy atom. The number of carboxylic acids is 1. The summed E-state index contributed by atoms with van der Waals surface area (Å²) in [6.45, 7) is 0.329. The highest BCUT2D eigenvalue weighted by molar-refractivity contribution is 6.31. The van der Waals surface area contributed by atoms with Gasteiger partial charge in [-0.05, 0) is 43.2 Å². The van der Waals surface area contributed by atoms with E-state index in [1.165, 1.54) is 0 Å². The summed E-state index contributed by atoms with van der Waals surface area (Å²) in [6, 6.07) is 5.00. The van der Waals surface area contributed by atoms with Crippen LogP contribution in [0.25, 0.3) is 0 Å². The van der Waals surface area contributed by atoms with Crippen molar-refractivity contribution in [3.8, 4) is 0 Å². The third-order valence-corrected chi connectivity index (χ3v) is 6.98. The monoisotopic (exact) mass is 475 g/mol. The van der Waals surface area contributed by atoms with Crippen LogP contribution in [0.15, 0.2) is 23.2 Å². The zero-order valence-corrected chi connectivity index (χ0v) is 19.2. The van der Waals surface area contributed by atoms with Gasteiger partial charge in [-0.2, -0.15) is 0 Å². The summed E-state index contributed by atoms with van der Waals surface area (Å²) in [6.07, 6.45) is 6.84. The van der Waals surface area contributed by atoms with Crippen LogP contribution in [0.5, 0.6) is 0 Å². The molecule has 0 bridgehead atoms. The van der Waals surface area contributed by atoms with Gasteiger partial charge in [-0.15, -0.1) is 0 Å². The number of carbonyl (C=O) groups is 3. The molecule has 2 amide bonds. The van der Waals surface area contributed by atoms with Crippen molar-refractivity contribution in [1.29, 1.82) is 5.41 Å². The molecule has 1 saturated carbocycles. The second kappa shape index (κ2) is 10.8. The van der Waals surface area contributed by atoms with Crippen molar-refractivity contribution in [2.24, 2.45) is 16.6 Å². The molecule has 1 atom stereocenters. The van der Waals surface area contributed by atoms with E-state index in [4.69, 9.17) is 27.9 Å². The van der Waals surface area contributed by atoms with E-state index in [0.29, 0.717) is 41.8 Å². The van der Waals surface area contributed by atoms with Gasteiger partial charge in [0.15, 0.2) is 0 Å². The van der Waals surface area contributed by atoms with Crippen LogP contribution in [0.4, 0.5) is 0 Å². The first-order valence-corrected chi connectivity index (χ1v) is 11.6. The average molecular weight is 476 g/mol. The average Bonchev–Trinajstić information content (AvgIpc) is 3.24. The molecule has 1 aromatic carbocycles. The Morgan fingerprint density at radius 1 is 1.27 bits per heavy atom. The van der Waals surface area contributed by atoms with Gasteiger partial charge in [-0.25, -0.2) is 4.79 Å². The maximum absolute atomic E-state index is 13.7. The summed E-state index contributed by atoms with van der Waals surface area (Å²) < 4.78 is 0. The van der Waals surface area contributed by atoms with Gasteiger partial charge in [0, 0.05) is 23.7 Å². The van der Waals surface area contributed by atoms with Gasteiger partial charge in [0.05, 0.1) is 0 Å². The summed E-state index contributed by atoms with van der Waals surface area (Å²) in [5, 5.41) is 19.7. The number of aliphatic imine (C=N–C) groups is 1. The van der Waals surface area contributed by atoms with E-state index >= 15 is 0 Å². The van der Waals surface area contributed by atoms with Crippen LogP contribution >= 0.6 is 11.6 Å². The number of hydrogen-bond donors (Lipinski definition) is 4. The molecular formula is C23H30ClN5O4. The molecule has 0 aromatic heterocycles. The molecule has 33 heavy (non-hydrogen) atoms. The van der Waals surface area contributed by atoms with E-state index in [9.17, 15) is 14.4 Å². The normalized spacial score (nSPS) is 21.3. The van der Waals surface area contributed by atoms with E-state index in [2.05, 4.69) is 10.3 Å². The third kappa shape index (κ3) is 5.52. The Hall–Kier alpha value is -2.94. The number of nitrogens with one attached hydrogen (secondary N) is 2. The molecular weight excluding hydrogens is 446 g/mol. The molecule has 1 aliphatic carbocycles. The first kappa shape index (κ1) is 24.7. The zero-order valence-electron chi connectivity index (χ0n) is 18.5. The van der Waals surface area contributed by atoms with E-state index in [1.807, 2.05) is 0 Å². The number of nitrogen functional groups attached to an aromatic ring is 1. The fourth-order valence-corrected chi connectivity index (χ4v) is 5.34. The minimum atomic E-state index is -1.21. The van der Waals surface area contributed by atoms with Crippen molar-refractivity contribution < 1.29 is 19.5 Å². The van der Waals surface area contributed by atoms with Crippen molar-refractivity contribution in [2.75, 3.05) is 13.1 Å². The highest BCUT2D eigenvalue weighted by atomic mass is 35.5. The van der Waals surface area contributed by atoms with Gasteiger partial charge in [0.1, 0.15) is 24.1 Å². The topological polar surface area (TPSA) is 149 Å². The molecule has 9 nitrogen and oxygen atoms in total. The molecule has 3 rings (SSSR count). The number of aliphatic carboxylic acids is 1. The Kier molecular flexibility index (Phi) is 8.07. The van der Waals surface area contributed by atoms with Gasteiger partial charge < -0.3 is 21.1 Å². The minimum absolute atomic E-state index is 0.0386. The standard InChI is InChI=1S/C23H30ClN5O4/c24-18-11-15(21(25)26)7-8-16(18)12-28-22(33)23(17-5-2-1-3-6-17)9-4-10-29(23)19(30)13-27-14-20(31)32/h7-8,11,14,17H,1-6,9-10,12-13H2,(H3,25,26)(H,28,33)(H,31,32)/t23-/m1/s1. The number of nitrogens with zero attached hydrogens (tertiary/aromatic N) is 2. The first-order valence-electron chi connectivity index (χ1n) is 11.2. The van der Waals surface area contributed by atoms with Crippen LogP contribution < -0.4 is 11.1 Å². The predicted octanol–water partition coefficient (Wildman–Crippen LogP) is 2.34. The summed E-state index contributed by atoms with van der Waals surface area (Å²) >= 11 is 6.33. The lowest BCUT2D eigenvalue weighted by atomic mass is 9.72. The first-order chi connectivity index (χ1) is 15.8. The van der Waals surface area contributed by atoms with Crippen molar-refractivity contribution >= 4 is 41.4 Å². The van der Waals surface area contributed by atoms with E-state index in [1.54, 1.807) is 23.1 Å². The molecule has 1 aromatic rings. The third-order valence-electron chi connectivity index (χ3n) is 6.63. The van der Waals surface area contributed by atoms with Crippen molar-refractivity contribution in [1.82, 2.24) is 10.2 Å². The van der Waals surface area contributed by atoms with Gasteiger partial charge >= 0.3 is 5.97 Å². The Morgan fingerprint density at radius 2 is 2.00 bits per heavy atom. The molecule has 1 heterocycles. The Labute approximate surface area is 197 Å². The number of benzene rings is 1. The number of halogens is 1. The highest BCUT2D eigenvalue weighted by Crippen LogP contribution is 2.43. The maximum Gasteiger partial charge on any atom is 0.346 e. The van der Waals surface area contributed by atoms with E-state index in [0.717, 1.165) is 32.1 Å². The SMILES string of the molecule is N=C(N)c1ccc(CNC(=O)[C@]2(C3CCCCC3)CCCN2C(=O)CN=CC(=O)O)c(Cl)c1. The number of carboxylic acid groups (broad SMARTS) is 1. The molecule has 2 aliphatic rings. The number of amides is 2. The molecule has 5 N–H and O–H groups in total. The molecule has 178 valence electrons. The van der Waals surface area contributed by atoms with Crippen LogP contribution in [0.3, 0.4) is 0 Å². The quantitative estimate of drug-likeness (QED) is 0.336. The molecule has 0 radical (unpaired) electrons.